The summed E-state index contributed by atoms with van der Waals surface area (Å²) in [5, 5.41) is 4.13. The lowest BCUT2D eigenvalue weighted by Gasteiger charge is -2.38. The third-order valence-corrected chi connectivity index (χ3v) is 4.42. The van der Waals surface area contributed by atoms with Crippen LogP contribution in [0.2, 0.25) is 5.02 Å². The van der Waals surface area contributed by atoms with E-state index in [2.05, 4.69) is 35.1 Å². The molecule has 1 atom stereocenters. The Labute approximate surface area is 122 Å². The Morgan fingerprint density at radius 1 is 1.50 bits per heavy atom. The molecule has 3 N–H and O–H groups in total. The van der Waals surface area contributed by atoms with Crippen molar-refractivity contribution in [3.05, 3.63) is 27.7 Å². The maximum absolute atomic E-state index is 6.09. The fraction of sp³-hybridized carbons (Fsp3) is 0.538. The average molecular weight is 336 g/mol. The molecule has 18 heavy (non-hydrogen) atoms. The molecular weight excluding hydrogens is 316 g/mol. The lowest BCUT2D eigenvalue weighted by atomic mass is 9.86. The first-order valence-electron chi connectivity index (χ1n) is 5.87. The van der Waals surface area contributed by atoms with Crippen LogP contribution in [0.25, 0.3) is 0 Å². The number of ether oxygens (including phenoxy) is 1. The normalized spacial score (nSPS) is 14.6. The van der Waals surface area contributed by atoms with Gasteiger partial charge in [0.1, 0.15) is 0 Å². The van der Waals surface area contributed by atoms with Crippen molar-refractivity contribution in [2.45, 2.75) is 19.4 Å². The molecule has 1 rings (SSSR count). The first-order chi connectivity index (χ1) is 8.45. The predicted octanol–water partition coefficient (Wildman–Crippen LogP) is 3.51. The van der Waals surface area contributed by atoms with Gasteiger partial charge in [0.05, 0.1) is 17.2 Å². The molecule has 0 radical (unpaired) electrons. The van der Waals surface area contributed by atoms with Crippen LogP contribution in [0.1, 0.15) is 13.8 Å². The molecule has 5 heteroatoms. The summed E-state index contributed by atoms with van der Waals surface area (Å²) in [4.78, 5) is 0. The van der Waals surface area contributed by atoms with Gasteiger partial charge in [-0.05, 0) is 40.0 Å². The number of benzene rings is 1. The molecule has 0 spiro atoms. The highest BCUT2D eigenvalue weighted by molar-refractivity contribution is 9.10. The molecule has 0 amide bonds. The lowest BCUT2D eigenvalue weighted by Crippen LogP contribution is -2.53. The molecular formula is C13H20BrClN2O. The van der Waals surface area contributed by atoms with Crippen molar-refractivity contribution in [3.63, 3.8) is 0 Å². The van der Waals surface area contributed by atoms with Gasteiger partial charge in [0.15, 0.2) is 0 Å². The highest BCUT2D eigenvalue weighted by Gasteiger charge is 2.32. The first-order valence-corrected chi connectivity index (χ1v) is 7.04. The number of methoxy groups -OCH3 is 1. The molecule has 3 nitrogen and oxygen atoms in total. The van der Waals surface area contributed by atoms with Gasteiger partial charge in [-0.15, -0.1) is 0 Å². The minimum absolute atomic E-state index is 0.286. The Kier molecular flexibility index (Phi) is 5.92. The molecule has 102 valence electrons. The van der Waals surface area contributed by atoms with E-state index < -0.39 is 0 Å². The van der Waals surface area contributed by atoms with Crippen molar-refractivity contribution >= 4 is 33.2 Å². The Balaban J connectivity index is 2.98. The van der Waals surface area contributed by atoms with Gasteiger partial charge in [0, 0.05) is 23.8 Å². The Hall–Kier alpha value is -0.290. The fourth-order valence-electron chi connectivity index (χ4n) is 1.81. The zero-order valence-corrected chi connectivity index (χ0v) is 13.3. The maximum atomic E-state index is 6.09. The molecule has 1 unspecified atom stereocenters. The summed E-state index contributed by atoms with van der Waals surface area (Å²) in [5.74, 6) is 0.338. The van der Waals surface area contributed by atoms with E-state index in [4.69, 9.17) is 22.1 Å². The monoisotopic (exact) mass is 334 g/mol. The molecule has 1 aromatic carbocycles. The van der Waals surface area contributed by atoms with Crippen LogP contribution in [-0.2, 0) is 4.74 Å². The van der Waals surface area contributed by atoms with Crippen molar-refractivity contribution in [2.24, 2.45) is 11.7 Å². The summed E-state index contributed by atoms with van der Waals surface area (Å²) in [7, 11) is 1.68. The van der Waals surface area contributed by atoms with E-state index in [0.717, 1.165) is 10.2 Å². The zero-order chi connectivity index (χ0) is 13.8. The van der Waals surface area contributed by atoms with Crippen LogP contribution in [0.5, 0.6) is 0 Å². The molecule has 0 saturated carbocycles. The molecule has 0 aliphatic heterocycles. The first kappa shape index (κ1) is 15.8. The summed E-state index contributed by atoms with van der Waals surface area (Å²) >= 11 is 9.47. The van der Waals surface area contributed by atoms with Gasteiger partial charge in [-0.2, -0.15) is 0 Å². The molecule has 0 heterocycles. The second kappa shape index (κ2) is 6.75. The van der Waals surface area contributed by atoms with Crippen LogP contribution in [0.4, 0.5) is 5.69 Å². The van der Waals surface area contributed by atoms with Crippen LogP contribution in [-0.4, -0.2) is 25.8 Å². The average Bonchev–Trinajstić information content (AvgIpc) is 2.33. The number of nitrogens with one attached hydrogen (secondary N) is 1. The molecule has 0 bridgehead atoms. The second-order valence-electron chi connectivity index (χ2n) is 4.70. The van der Waals surface area contributed by atoms with Gasteiger partial charge < -0.3 is 15.8 Å². The Morgan fingerprint density at radius 3 is 2.61 bits per heavy atom. The van der Waals surface area contributed by atoms with Crippen LogP contribution in [0.3, 0.4) is 0 Å². The highest BCUT2D eigenvalue weighted by Crippen LogP contribution is 2.29. The maximum Gasteiger partial charge on any atom is 0.0751 e. The minimum atomic E-state index is -0.286. The van der Waals surface area contributed by atoms with Crippen molar-refractivity contribution in [3.8, 4) is 0 Å². The third kappa shape index (κ3) is 3.60. The largest absolute Gasteiger partial charge is 0.382 e. The van der Waals surface area contributed by atoms with Crippen LogP contribution >= 0.6 is 27.5 Å². The standard InChI is InChI=1S/C13H20BrClN2O/c1-9(2)13(7-16,8-18-3)17-10-4-5-11(14)12(15)6-10/h4-6,9,17H,7-8,16H2,1-3H3. The third-order valence-electron chi connectivity index (χ3n) is 3.18. The molecule has 0 aliphatic carbocycles. The van der Waals surface area contributed by atoms with Gasteiger partial charge in [-0.1, -0.05) is 25.4 Å². The smallest absolute Gasteiger partial charge is 0.0751 e. The van der Waals surface area contributed by atoms with E-state index in [1.807, 2.05) is 18.2 Å². The van der Waals surface area contributed by atoms with E-state index in [1.165, 1.54) is 0 Å². The van der Waals surface area contributed by atoms with Crippen molar-refractivity contribution in [2.75, 3.05) is 25.6 Å². The number of anilines is 1. The topological polar surface area (TPSA) is 47.3 Å². The van der Waals surface area contributed by atoms with Gasteiger partial charge in [-0.25, -0.2) is 0 Å². The number of hydrogen-bond acceptors (Lipinski definition) is 3. The number of hydrogen-bond donors (Lipinski definition) is 2. The zero-order valence-electron chi connectivity index (χ0n) is 11.0. The van der Waals surface area contributed by atoms with Gasteiger partial charge in [0.2, 0.25) is 0 Å². The van der Waals surface area contributed by atoms with Crippen molar-refractivity contribution < 1.29 is 4.74 Å². The van der Waals surface area contributed by atoms with Crippen LogP contribution in [0.15, 0.2) is 22.7 Å². The van der Waals surface area contributed by atoms with Crippen LogP contribution < -0.4 is 11.1 Å². The van der Waals surface area contributed by atoms with E-state index in [-0.39, 0.29) is 5.54 Å². The van der Waals surface area contributed by atoms with E-state index in [1.54, 1.807) is 7.11 Å². The molecule has 0 fully saturated rings. The summed E-state index contributed by atoms with van der Waals surface area (Å²) in [6, 6.07) is 5.77. The van der Waals surface area contributed by atoms with E-state index >= 15 is 0 Å². The van der Waals surface area contributed by atoms with Crippen molar-refractivity contribution in [1.29, 1.82) is 0 Å². The fourth-order valence-corrected chi connectivity index (χ4v) is 2.24. The molecule has 0 aromatic heterocycles. The summed E-state index contributed by atoms with van der Waals surface area (Å²) in [6.45, 7) is 5.29. The summed E-state index contributed by atoms with van der Waals surface area (Å²) < 4.78 is 6.18. The highest BCUT2D eigenvalue weighted by atomic mass is 79.9. The quantitative estimate of drug-likeness (QED) is 0.836. The van der Waals surface area contributed by atoms with Gasteiger partial charge >= 0.3 is 0 Å². The Bertz CT molecular complexity index is 401. The number of nitrogens with two attached hydrogens (primary N) is 1. The van der Waals surface area contributed by atoms with Gasteiger partial charge in [-0.3, -0.25) is 0 Å². The Morgan fingerprint density at radius 2 is 2.17 bits per heavy atom. The minimum Gasteiger partial charge on any atom is -0.382 e. The second-order valence-corrected chi connectivity index (χ2v) is 5.96. The van der Waals surface area contributed by atoms with Crippen LogP contribution in [0, 0.1) is 5.92 Å². The van der Waals surface area contributed by atoms with E-state index in [9.17, 15) is 0 Å². The summed E-state index contributed by atoms with van der Waals surface area (Å²) in [5.41, 5.74) is 6.58. The predicted molar refractivity (Wildman–Crippen MR) is 81.3 cm³/mol. The molecule has 0 aliphatic rings. The number of rotatable bonds is 6. The van der Waals surface area contributed by atoms with E-state index in [0.29, 0.717) is 24.1 Å². The lowest BCUT2D eigenvalue weighted by molar-refractivity contribution is 0.121. The van der Waals surface area contributed by atoms with Gasteiger partial charge in [0.25, 0.3) is 0 Å². The van der Waals surface area contributed by atoms with Crippen molar-refractivity contribution in [1.82, 2.24) is 0 Å². The SMILES string of the molecule is COCC(CN)(Nc1ccc(Br)c(Cl)c1)C(C)C. The summed E-state index contributed by atoms with van der Waals surface area (Å²) in [6.07, 6.45) is 0. The molecule has 0 saturated heterocycles. The molecule has 1 aromatic rings. The number of halogens is 2.